The fourth-order valence-corrected chi connectivity index (χ4v) is 4.42. The second-order valence-electron chi connectivity index (χ2n) is 6.02. The molecule has 1 unspecified atom stereocenters. The van der Waals surface area contributed by atoms with Crippen molar-refractivity contribution in [3.05, 3.63) is 59.3 Å². The Morgan fingerprint density at radius 2 is 2.11 bits per heavy atom. The molecule has 2 aliphatic heterocycles. The van der Waals surface area contributed by atoms with Gasteiger partial charge in [0.2, 0.25) is 5.91 Å². The summed E-state index contributed by atoms with van der Waals surface area (Å²) in [6.45, 7) is 0. The lowest BCUT2D eigenvalue weighted by Gasteiger charge is -2.49. The number of carboxylic acid groups (broad SMARTS) is 1. The Labute approximate surface area is 165 Å². The van der Waals surface area contributed by atoms with Gasteiger partial charge in [0.1, 0.15) is 23.2 Å². The van der Waals surface area contributed by atoms with Crippen molar-refractivity contribution in [2.24, 2.45) is 5.73 Å². The summed E-state index contributed by atoms with van der Waals surface area (Å²) in [6.07, 6.45) is 3.24. The number of alkyl halides is 1. The molecular formula is C18H18ClN3O4S. The van der Waals surface area contributed by atoms with Gasteiger partial charge in [-0.1, -0.05) is 42.5 Å². The van der Waals surface area contributed by atoms with E-state index in [2.05, 4.69) is 5.32 Å². The molecule has 1 fully saturated rings. The molecule has 0 spiro atoms. The average Bonchev–Trinajstić information content (AvgIpc) is 2.69. The number of benzene rings is 1. The number of hydrogen-bond acceptors (Lipinski definition) is 5. The van der Waals surface area contributed by atoms with Gasteiger partial charge in [-0.2, -0.15) is 0 Å². The van der Waals surface area contributed by atoms with Crippen molar-refractivity contribution in [1.29, 1.82) is 0 Å². The van der Waals surface area contributed by atoms with Crippen molar-refractivity contribution in [2.75, 3.05) is 11.6 Å². The number of β-lactam (4-membered cyclic amide) rings is 1. The van der Waals surface area contributed by atoms with Gasteiger partial charge in [0.25, 0.3) is 5.91 Å². The summed E-state index contributed by atoms with van der Waals surface area (Å²) in [7, 11) is 0. The minimum Gasteiger partial charge on any atom is -0.477 e. The molecule has 7 nitrogen and oxygen atoms in total. The predicted molar refractivity (Wildman–Crippen MR) is 103 cm³/mol. The highest BCUT2D eigenvalue weighted by Crippen LogP contribution is 2.40. The summed E-state index contributed by atoms with van der Waals surface area (Å²) < 4.78 is 0. The number of carbonyl (C=O) groups is 3. The van der Waals surface area contributed by atoms with Crippen LogP contribution in [0.25, 0.3) is 0 Å². The predicted octanol–water partition coefficient (Wildman–Crippen LogP) is 1.22. The molecule has 1 aromatic rings. The van der Waals surface area contributed by atoms with E-state index in [9.17, 15) is 19.5 Å². The number of nitrogens with two attached hydrogens (primary N) is 1. The lowest BCUT2D eigenvalue weighted by atomic mass is 10.0. The first-order valence-corrected chi connectivity index (χ1v) is 9.78. The molecule has 9 heteroatoms. The number of aliphatic carboxylic acids is 1. The Bertz CT molecular complexity index is 827. The molecule has 142 valence electrons. The van der Waals surface area contributed by atoms with E-state index >= 15 is 0 Å². The molecule has 0 radical (unpaired) electrons. The SMILES string of the molecule is NC(C(=O)N[C@@H]1C(=O)N2C(C(=O)O)=C(C=CCCl)CS[C@@H]12)c1ccccc1. The lowest BCUT2D eigenvalue weighted by molar-refractivity contribution is -0.150. The lowest BCUT2D eigenvalue weighted by Crippen LogP contribution is -2.71. The highest BCUT2D eigenvalue weighted by Gasteiger charge is 2.54. The van der Waals surface area contributed by atoms with Crippen LogP contribution in [-0.2, 0) is 14.4 Å². The number of hydrogen-bond donors (Lipinski definition) is 3. The fraction of sp³-hybridized carbons (Fsp3) is 0.278. The minimum atomic E-state index is -1.19. The van der Waals surface area contributed by atoms with Crippen LogP contribution < -0.4 is 11.1 Å². The molecule has 2 amide bonds. The molecule has 2 heterocycles. The number of nitrogens with zero attached hydrogens (tertiary/aromatic N) is 1. The van der Waals surface area contributed by atoms with Gasteiger partial charge < -0.3 is 16.2 Å². The van der Waals surface area contributed by atoms with Gasteiger partial charge >= 0.3 is 5.97 Å². The molecule has 1 saturated heterocycles. The highest BCUT2D eigenvalue weighted by molar-refractivity contribution is 8.00. The van der Waals surface area contributed by atoms with Crippen molar-refractivity contribution in [3.63, 3.8) is 0 Å². The maximum absolute atomic E-state index is 12.5. The van der Waals surface area contributed by atoms with Gasteiger partial charge in [0.15, 0.2) is 0 Å². The van der Waals surface area contributed by atoms with Crippen molar-refractivity contribution in [1.82, 2.24) is 10.2 Å². The summed E-state index contributed by atoms with van der Waals surface area (Å²) in [5.41, 5.74) is 7.05. The zero-order valence-electron chi connectivity index (χ0n) is 14.2. The first kappa shape index (κ1) is 19.5. The van der Waals surface area contributed by atoms with Gasteiger partial charge in [-0.25, -0.2) is 4.79 Å². The smallest absolute Gasteiger partial charge is 0.352 e. The zero-order chi connectivity index (χ0) is 19.6. The van der Waals surface area contributed by atoms with Crippen LogP contribution in [0.5, 0.6) is 0 Å². The number of thioether (sulfide) groups is 1. The van der Waals surface area contributed by atoms with E-state index in [1.807, 2.05) is 6.07 Å². The number of amides is 2. The van der Waals surface area contributed by atoms with Gasteiger partial charge in [0.05, 0.1) is 0 Å². The normalized spacial score (nSPS) is 23.0. The van der Waals surface area contributed by atoms with Crippen LogP contribution in [0.15, 0.2) is 53.8 Å². The topological polar surface area (TPSA) is 113 Å². The third kappa shape index (κ3) is 3.73. The molecule has 4 N–H and O–H groups in total. The van der Waals surface area contributed by atoms with Crippen molar-refractivity contribution in [3.8, 4) is 0 Å². The summed E-state index contributed by atoms with van der Waals surface area (Å²) in [6, 6.07) is 7.12. The van der Waals surface area contributed by atoms with Gasteiger partial charge in [-0.15, -0.1) is 23.4 Å². The maximum atomic E-state index is 12.5. The Balaban J connectivity index is 1.74. The largest absolute Gasteiger partial charge is 0.477 e. The maximum Gasteiger partial charge on any atom is 0.352 e. The number of rotatable bonds is 6. The van der Waals surface area contributed by atoms with E-state index in [0.29, 0.717) is 16.9 Å². The number of halogens is 1. The van der Waals surface area contributed by atoms with Crippen LogP contribution in [0.4, 0.5) is 0 Å². The van der Waals surface area contributed by atoms with Crippen molar-refractivity contribution < 1.29 is 19.5 Å². The summed E-state index contributed by atoms with van der Waals surface area (Å²) in [4.78, 5) is 37.8. The second-order valence-corrected chi connectivity index (χ2v) is 7.43. The van der Waals surface area contributed by atoms with E-state index in [1.165, 1.54) is 16.7 Å². The third-order valence-corrected chi connectivity index (χ3v) is 5.83. The van der Waals surface area contributed by atoms with Crippen molar-refractivity contribution in [2.45, 2.75) is 17.5 Å². The highest BCUT2D eigenvalue weighted by atomic mass is 35.5. The summed E-state index contributed by atoms with van der Waals surface area (Å²) in [5.74, 6) is -1.48. The molecule has 0 saturated carbocycles. The Hall–Kier alpha value is -2.29. The summed E-state index contributed by atoms with van der Waals surface area (Å²) >= 11 is 7.00. The molecule has 0 aromatic heterocycles. The van der Waals surface area contributed by atoms with Gasteiger partial charge in [-0.05, 0) is 11.1 Å². The Morgan fingerprint density at radius 1 is 1.41 bits per heavy atom. The van der Waals surface area contributed by atoms with Gasteiger partial charge in [0, 0.05) is 11.6 Å². The van der Waals surface area contributed by atoms with Crippen LogP contribution in [0, 0.1) is 0 Å². The molecule has 3 rings (SSSR count). The standard InChI is InChI=1S/C18H18ClN3O4S/c19-8-4-7-11-9-27-17-13(16(24)22(17)14(11)18(25)26)21-15(23)12(20)10-5-2-1-3-6-10/h1-7,12-13,17H,8-9,20H2,(H,21,23)(H,25,26)/t12?,13-,17+/m1/s1. The van der Waals surface area contributed by atoms with E-state index in [1.54, 1.807) is 36.4 Å². The average molecular weight is 408 g/mol. The minimum absolute atomic E-state index is 0.0667. The second kappa shape index (κ2) is 8.16. The first-order valence-electron chi connectivity index (χ1n) is 8.20. The number of carboxylic acids is 1. The van der Waals surface area contributed by atoms with Crippen molar-refractivity contribution >= 4 is 41.1 Å². The fourth-order valence-electron chi connectivity index (χ4n) is 3.01. The molecule has 0 bridgehead atoms. The number of fused-ring (bicyclic) bond motifs is 1. The van der Waals surface area contributed by atoms with Crippen LogP contribution in [0.1, 0.15) is 11.6 Å². The van der Waals surface area contributed by atoms with Crippen LogP contribution >= 0.6 is 23.4 Å². The van der Waals surface area contributed by atoms with E-state index in [0.717, 1.165) is 0 Å². The van der Waals surface area contributed by atoms with Crippen LogP contribution in [0.2, 0.25) is 0 Å². The van der Waals surface area contributed by atoms with E-state index in [4.69, 9.17) is 17.3 Å². The first-order chi connectivity index (χ1) is 13.0. The molecule has 3 atom stereocenters. The molecule has 0 aliphatic carbocycles. The number of nitrogens with one attached hydrogen (secondary N) is 1. The Morgan fingerprint density at radius 3 is 2.74 bits per heavy atom. The van der Waals surface area contributed by atoms with E-state index in [-0.39, 0.29) is 11.6 Å². The van der Waals surface area contributed by atoms with Crippen LogP contribution in [-0.4, -0.2) is 50.8 Å². The number of allylic oxidation sites excluding steroid dienone is 2. The molecule has 1 aromatic carbocycles. The van der Waals surface area contributed by atoms with Crippen LogP contribution in [0.3, 0.4) is 0 Å². The monoisotopic (exact) mass is 407 g/mol. The molecular weight excluding hydrogens is 390 g/mol. The van der Waals surface area contributed by atoms with E-state index < -0.39 is 35.2 Å². The molecule has 27 heavy (non-hydrogen) atoms. The Kier molecular flexibility index (Phi) is 5.88. The molecule has 2 aliphatic rings. The zero-order valence-corrected chi connectivity index (χ0v) is 15.7. The quantitative estimate of drug-likeness (QED) is 0.482. The summed E-state index contributed by atoms with van der Waals surface area (Å²) in [5, 5.41) is 11.7. The third-order valence-electron chi connectivity index (χ3n) is 4.35. The number of carbonyl (C=O) groups excluding carboxylic acids is 2. The van der Waals surface area contributed by atoms with Gasteiger partial charge in [-0.3, -0.25) is 14.5 Å².